The first kappa shape index (κ1) is 13.4. The molecule has 0 unspecified atom stereocenters. The molecule has 4 N–H and O–H groups in total. The lowest BCUT2D eigenvalue weighted by atomic mass is 10.1. The van der Waals surface area contributed by atoms with Crippen molar-refractivity contribution < 1.29 is 4.79 Å². The highest BCUT2D eigenvalue weighted by molar-refractivity contribution is 7.14. The van der Waals surface area contributed by atoms with Gasteiger partial charge in [-0.3, -0.25) is 5.32 Å². The van der Waals surface area contributed by atoms with Crippen molar-refractivity contribution in [3.05, 3.63) is 29.6 Å². The normalized spacial score (nSPS) is 10.5. The van der Waals surface area contributed by atoms with Crippen molar-refractivity contribution in [1.82, 2.24) is 10.3 Å². The highest BCUT2D eigenvalue weighted by Gasteiger charge is 2.08. The van der Waals surface area contributed by atoms with Crippen LogP contribution in [0.1, 0.15) is 13.8 Å². The van der Waals surface area contributed by atoms with Gasteiger partial charge in [-0.15, -0.1) is 11.3 Å². The van der Waals surface area contributed by atoms with E-state index in [0.717, 1.165) is 11.3 Å². The van der Waals surface area contributed by atoms with Gasteiger partial charge in [-0.1, -0.05) is 12.1 Å². The molecule has 0 fully saturated rings. The molecule has 1 heterocycles. The standard InChI is InChI=1S/C13H16N4OS/c1-8(2)15-12(18)17-13-16-11(7-19-13)9-3-5-10(14)6-4-9/h3-8H,14H2,1-2H3,(H2,15,16,17,18). The third-order valence-corrected chi connectivity index (χ3v) is 3.11. The Kier molecular flexibility index (Phi) is 4.01. The predicted octanol–water partition coefficient (Wildman–Crippen LogP) is 2.92. The smallest absolute Gasteiger partial charge is 0.321 e. The van der Waals surface area contributed by atoms with Crippen LogP contribution in [0.5, 0.6) is 0 Å². The van der Waals surface area contributed by atoms with E-state index in [1.54, 1.807) is 0 Å². The molecule has 0 bridgehead atoms. The maximum absolute atomic E-state index is 11.5. The van der Waals surface area contributed by atoms with Crippen LogP contribution in [0.3, 0.4) is 0 Å². The summed E-state index contributed by atoms with van der Waals surface area (Å²) in [5.74, 6) is 0. The molecule has 2 aromatic rings. The zero-order valence-electron chi connectivity index (χ0n) is 10.8. The number of anilines is 2. The van der Waals surface area contributed by atoms with Gasteiger partial charge in [0, 0.05) is 22.7 Å². The van der Waals surface area contributed by atoms with Gasteiger partial charge in [-0.2, -0.15) is 0 Å². The van der Waals surface area contributed by atoms with Crippen molar-refractivity contribution in [3.8, 4) is 11.3 Å². The van der Waals surface area contributed by atoms with Gasteiger partial charge in [0.05, 0.1) is 5.69 Å². The molecule has 6 heteroatoms. The number of thiazole rings is 1. The van der Waals surface area contributed by atoms with Crippen molar-refractivity contribution in [2.24, 2.45) is 0 Å². The van der Waals surface area contributed by atoms with Crippen LogP contribution in [0, 0.1) is 0 Å². The second-order valence-corrected chi connectivity index (χ2v) is 5.27. The summed E-state index contributed by atoms with van der Waals surface area (Å²) in [6, 6.07) is 7.32. The molecule has 2 amide bonds. The highest BCUT2D eigenvalue weighted by Crippen LogP contribution is 2.25. The molecular weight excluding hydrogens is 260 g/mol. The van der Waals surface area contributed by atoms with Gasteiger partial charge in [0.15, 0.2) is 5.13 Å². The predicted molar refractivity (Wildman–Crippen MR) is 79.3 cm³/mol. The van der Waals surface area contributed by atoms with E-state index >= 15 is 0 Å². The minimum absolute atomic E-state index is 0.0940. The number of nitrogens with zero attached hydrogens (tertiary/aromatic N) is 1. The number of nitrogen functional groups attached to an aromatic ring is 1. The minimum Gasteiger partial charge on any atom is -0.399 e. The molecule has 19 heavy (non-hydrogen) atoms. The number of amides is 2. The number of hydrogen-bond donors (Lipinski definition) is 3. The fourth-order valence-electron chi connectivity index (χ4n) is 1.51. The summed E-state index contributed by atoms with van der Waals surface area (Å²) in [7, 11) is 0. The molecule has 2 rings (SSSR count). The number of aromatic nitrogens is 1. The molecule has 1 aromatic carbocycles. The molecule has 0 aliphatic rings. The highest BCUT2D eigenvalue weighted by atomic mass is 32.1. The van der Waals surface area contributed by atoms with Crippen LogP contribution in [0.4, 0.5) is 15.6 Å². The van der Waals surface area contributed by atoms with Crippen molar-refractivity contribution in [3.63, 3.8) is 0 Å². The van der Waals surface area contributed by atoms with E-state index in [2.05, 4.69) is 15.6 Å². The number of nitrogens with two attached hydrogens (primary N) is 1. The first-order chi connectivity index (χ1) is 9.04. The molecule has 0 atom stereocenters. The second kappa shape index (κ2) is 5.71. The summed E-state index contributed by atoms with van der Waals surface area (Å²) in [5.41, 5.74) is 8.15. The molecule has 100 valence electrons. The Morgan fingerprint density at radius 2 is 2.00 bits per heavy atom. The van der Waals surface area contributed by atoms with E-state index in [1.807, 2.05) is 43.5 Å². The third-order valence-electron chi connectivity index (χ3n) is 2.35. The summed E-state index contributed by atoms with van der Waals surface area (Å²) in [6.07, 6.45) is 0. The quantitative estimate of drug-likeness (QED) is 0.754. The van der Waals surface area contributed by atoms with Crippen molar-refractivity contribution in [2.45, 2.75) is 19.9 Å². The van der Waals surface area contributed by atoms with Crippen LogP contribution in [-0.4, -0.2) is 17.1 Å². The number of rotatable bonds is 3. The van der Waals surface area contributed by atoms with Gasteiger partial charge in [0.1, 0.15) is 0 Å². The number of urea groups is 1. The second-order valence-electron chi connectivity index (χ2n) is 4.41. The molecular formula is C13H16N4OS. The Labute approximate surface area is 115 Å². The minimum atomic E-state index is -0.242. The SMILES string of the molecule is CC(C)NC(=O)Nc1nc(-c2ccc(N)cc2)cs1. The van der Waals surface area contributed by atoms with Gasteiger partial charge in [0.25, 0.3) is 0 Å². The maximum atomic E-state index is 11.5. The molecule has 0 aliphatic carbocycles. The Morgan fingerprint density at radius 1 is 1.32 bits per heavy atom. The van der Waals surface area contributed by atoms with Gasteiger partial charge in [-0.05, 0) is 26.0 Å². The Balaban J connectivity index is 2.07. The van der Waals surface area contributed by atoms with Crippen LogP contribution < -0.4 is 16.4 Å². The number of carbonyl (C=O) groups excluding carboxylic acids is 1. The van der Waals surface area contributed by atoms with Crippen LogP contribution in [0.25, 0.3) is 11.3 Å². The fourth-order valence-corrected chi connectivity index (χ4v) is 2.23. The molecule has 0 aliphatic heterocycles. The molecule has 0 saturated carbocycles. The van der Waals surface area contributed by atoms with Crippen molar-refractivity contribution >= 4 is 28.2 Å². The third kappa shape index (κ3) is 3.69. The first-order valence-electron chi connectivity index (χ1n) is 5.93. The van der Waals surface area contributed by atoms with E-state index in [4.69, 9.17) is 5.73 Å². The Bertz CT molecular complexity index is 562. The van der Waals surface area contributed by atoms with Crippen LogP contribution >= 0.6 is 11.3 Å². The van der Waals surface area contributed by atoms with E-state index in [1.165, 1.54) is 11.3 Å². The lowest BCUT2D eigenvalue weighted by Gasteiger charge is -2.07. The summed E-state index contributed by atoms with van der Waals surface area (Å²) in [4.78, 5) is 15.9. The summed E-state index contributed by atoms with van der Waals surface area (Å²) in [5, 5.41) is 7.93. The Morgan fingerprint density at radius 3 is 2.63 bits per heavy atom. The lowest BCUT2D eigenvalue weighted by molar-refractivity contribution is 0.250. The first-order valence-corrected chi connectivity index (χ1v) is 6.81. The lowest BCUT2D eigenvalue weighted by Crippen LogP contribution is -2.34. The van der Waals surface area contributed by atoms with E-state index in [9.17, 15) is 4.79 Å². The van der Waals surface area contributed by atoms with Gasteiger partial charge in [-0.25, -0.2) is 9.78 Å². The Hall–Kier alpha value is -2.08. The average Bonchev–Trinajstić information content (AvgIpc) is 2.77. The number of hydrogen-bond acceptors (Lipinski definition) is 4. The summed E-state index contributed by atoms with van der Waals surface area (Å²) in [6.45, 7) is 3.81. The molecule has 0 spiro atoms. The molecule has 0 saturated heterocycles. The summed E-state index contributed by atoms with van der Waals surface area (Å²) < 4.78 is 0. The number of nitrogens with one attached hydrogen (secondary N) is 2. The average molecular weight is 276 g/mol. The summed E-state index contributed by atoms with van der Waals surface area (Å²) >= 11 is 1.39. The number of benzene rings is 1. The molecule has 5 nitrogen and oxygen atoms in total. The maximum Gasteiger partial charge on any atom is 0.321 e. The van der Waals surface area contributed by atoms with Crippen LogP contribution in [0.2, 0.25) is 0 Å². The zero-order valence-corrected chi connectivity index (χ0v) is 11.6. The van der Waals surface area contributed by atoms with E-state index in [0.29, 0.717) is 10.8 Å². The van der Waals surface area contributed by atoms with Crippen molar-refractivity contribution in [1.29, 1.82) is 0 Å². The van der Waals surface area contributed by atoms with Gasteiger partial charge < -0.3 is 11.1 Å². The van der Waals surface area contributed by atoms with Crippen LogP contribution in [0.15, 0.2) is 29.6 Å². The largest absolute Gasteiger partial charge is 0.399 e. The monoisotopic (exact) mass is 276 g/mol. The number of carbonyl (C=O) groups is 1. The van der Waals surface area contributed by atoms with E-state index in [-0.39, 0.29) is 12.1 Å². The van der Waals surface area contributed by atoms with Crippen molar-refractivity contribution in [2.75, 3.05) is 11.1 Å². The zero-order chi connectivity index (χ0) is 13.8. The molecule has 0 radical (unpaired) electrons. The van der Waals surface area contributed by atoms with Gasteiger partial charge >= 0.3 is 6.03 Å². The van der Waals surface area contributed by atoms with Crippen LogP contribution in [-0.2, 0) is 0 Å². The van der Waals surface area contributed by atoms with E-state index < -0.39 is 0 Å². The topological polar surface area (TPSA) is 80.0 Å². The fraction of sp³-hybridized carbons (Fsp3) is 0.231. The molecule has 1 aromatic heterocycles. The van der Waals surface area contributed by atoms with Gasteiger partial charge in [0.2, 0.25) is 0 Å².